The van der Waals surface area contributed by atoms with E-state index in [2.05, 4.69) is 11.8 Å². The Morgan fingerprint density at radius 2 is 1.66 bits per heavy atom. The average molecular weight is 862 g/mol. The van der Waals surface area contributed by atoms with Crippen LogP contribution in [0.1, 0.15) is 113 Å². The number of methoxy groups -OCH3 is 3. The zero-order valence-corrected chi connectivity index (χ0v) is 38.0. The summed E-state index contributed by atoms with van der Waals surface area (Å²) in [6.45, 7) is 12.4. The highest BCUT2D eigenvalue weighted by Gasteiger charge is 2.57. The molecule has 0 aromatic carbocycles. The number of aliphatic hydroxyl groups is 2. The number of cyclic esters (lactones) is 1. The van der Waals surface area contributed by atoms with Crippen LogP contribution in [0.2, 0.25) is 0 Å². The smallest absolute Gasteiger partial charge is 0.329 e. The Balaban J connectivity index is 1.76. The average Bonchev–Trinajstić information content (AvgIpc) is 3.25. The van der Waals surface area contributed by atoms with Crippen LogP contribution in [0.3, 0.4) is 0 Å². The molecule has 0 radical (unpaired) electrons. The van der Waals surface area contributed by atoms with Crippen LogP contribution >= 0.6 is 0 Å². The standard InChI is InChI=1S/C47H72FNO12/c1-11-13-20-59-37-18-17-32(25-38(37)56-8)21-29(5)42-31(7)35(50)26-36(51)33(12-2)22-27(3)41(48)28(4)23-39(57-9)43-40(58-10)24-30(6)47(55,61-43)44(52)45(53)49-19-15-14-16-34(49)46(54)60-42/h21-22,28,30-35,37-43,50,55H,12,14-20,23-26H2,1-10H3/b27-22+,29-21?. The molecule has 4 aliphatic rings. The molecular weight excluding hydrogens is 790 g/mol. The quantitative estimate of drug-likeness (QED) is 0.137. The van der Waals surface area contributed by atoms with Crippen molar-refractivity contribution in [3.8, 4) is 11.8 Å². The van der Waals surface area contributed by atoms with Gasteiger partial charge in [-0.15, -0.1) is 5.92 Å². The first kappa shape index (κ1) is 50.6. The number of alkyl halides is 1. The number of amides is 1. The number of Topliss-reactive ketones (excluding diaryl/α,β-unsaturated/α-hetero) is 2. The predicted molar refractivity (Wildman–Crippen MR) is 226 cm³/mol. The van der Waals surface area contributed by atoms with Gasteiger partial charge < -0.3 is 43.5 Å². The number of carbonyl (C=O) groups is 4. The van der Waals surface area contributed by atoms with Crippen LogP contribution in [0, 0.1) is 41.4 Å². The van der Waals surface area contributed by atoms with E-state index in [0.717, 1.165) is 11.3 Å². The van der Waals surface area contributed by atoms with E-state index in [0.29, 0.717) is 49.9 Å². The van der Waals surface area contributed by atoms with Crippen molar-refractivity contribution in [2.45, 2.75) is 173 Å². The first-order valence-corrected chi connectivity index (χ1v) is 22.2. The second-order valence-electron chi connectivity index (χ2n) is 17.8. The highest BCUT2D eigenvalue weighted by Crippen LogP contribution is 2.40. The van der Waals surface area contributed by atoms with Gasteiger partial charge in [-0.1, -0.05) is 45.8 Å². The number of aliphatic hydroxyl groups excluding tert-OH is 1. The van der Waals surface area contributed by atoms with Gasteiger partial charge in [0.05, 0.1) is 30.5 Å². The number of ether oxygens (including phenoxy) is 6. The molecule has 13 nitrogen and oxygen atoms in total. The van der Waals surface area contributed by atoms with Gasteiger partial charge in [0.25, 0.3) is 11.7 Å². The topological polar surface area (TPSA) is 167 Å². The molecule has 14 heteroatoms. The van der Waals surface area contributed by atoms with E-state index in [9.17, 15) is 29.4 Å². The lowest BCUT2D eigenvalue weighted by molar-refractivity contribution is -0.302. The first-order valence-electron chi connectivity index (χ1n) is 22.2. The number of piperidine rings is 1. The van der Waals surface area contributed by atoms with Crippen LogP contribution in [0.4, 0.5) is 4.39 Å². The van der Waals surface area contributed by atoms with Crippen molar-refractivity contribution in [1.82, 2.24) is 4.90 Å². The Kier molecular flexibility index (Phi) is 19.1. The molecule has 1 aliphatic carbocycles. The van der Waals surface area contributed by atoms with E-state index in [1.807, 2.05) is 19.9 Å². The van der Waals surface area contributed by atoms with E-state index >= 15 is 4.39 Å². The number of esters is 1. The van der Waals surface area contributed by atoms with Crippen LogP contribution in [0.25, 0.3) is 0 Å². The van der Waals surface area contributed by atoms with Crippen LogP contribution in [0.15, 0.2) is 23.3 Å². The fourth-order valence-corrected chi connectivity index (χ4v) is 9.69. The molecule has 0 spiro atoms. The largest absolute Gasteiger partial charge is 0.456 e. The highest BCUT2D eigenvalue weighted by molar-refractivity contribution is 6.39. The number of fused-ring (bicyclic) bond motifs is 3. The summed E-state index contributed by atoms with van der Waals surface area (Å²) in [5.74, 6) is -3.24. The van der Waals surface area contributed by atoms with Gasteiger partial charge >= 0.3 is 5.97 Å². The Hall–Kier alpha value is -3.03. The molecular formula is C47H72FNO12. The molecule has 0 aromatic rings. The maximum atomic E-state index is 16.3. The SMILES string of the molecule is CC#CCOC1CCC(C=C(C)C2OC(=O)C3CCCCN3C(=O)C(=O)C3(O)OC(C(OC)CC(C)C(F)/C(C)=C/C(CC)C(=O)CC(O)C2C)C(OC)CC3C)CC1OC. The Bertz CT molecular complexity index is 1640. The lowest BCUT2D eigenvalue weighted by atomic mass is 9.81. The number of halogens is 1. The van der Waals surface area contributed by atoms with Gasteiger partial charge in [0.15, 0.2) is 0 Å². The summed E-state index contributed by atoms with van der Waals surface area (Å²) >= 11 is 0. The summed E-state index contributed by atoms with van der Waals surface area (Å²) < 4.78 is 52.1. The Labute approximate surface area is 362 Å². The third-order valence-electron chi connectivity index (χ3n) is 13.6. The summed E-state index contributed by atoms with van der Waals surface area (Å²) in [6.07, 6.45) is 0.588. The summed E-state index contributed by atoms with van der Waals surface area (Å²) in [7, 11) is 4.52. The van der Waals surface area contributed by atoms with Crippen LogP contribution < -0.4 is 0 Å². The maximum absolute atomic E-state index is 16.3. The number of hydrogen-bond donors (Lipinski definition) is 2. The molecule has 4 rings (SSSR count). The third-order valence-corrected chi connectivity index (χ3v) is 13.6. The number of nitrogens with zero attached hydrogens (tertiary/aromatic N) is 1. The van der Waals surface area contributed by atoms with E-state index in [1.54, 1.807) is 47.8 Å². The zero-order valence-electron chi connectivity index (χ0n) is 38.0. The first-order chi connectivity index (χ1) is 28.9. The fourth-order valence-electron chi connectivity index (χ4n) is 9.69. The number of rotatable bonds is 8. The summed E-state index contributed by atoms with van der Waals surface area (Å²) in [5.41, 5.74) is 0.985. The van der Waals surface area contributed by atoms with E-state index in [1.165, 1.54) is 14.2 Å². The van der Waals surface area contributed by atoms with E-state index in [4.69, 9.17) is 28.4 Å². The highest BCUT2D eigenvalue weighted by atomic mass is 19.1. The summed E-state index contributed by atoms with van der Waals surface area (Å²) in [5, 5.41) is 23.8. The molecule has 2 bridgehead atoms. The lowest BCUT2D eigenvalue weighted by Crippen LogP contribution is -2.64. The van der Waals surface area contributed by atoms with Crippen molar-refractivity contribution in [3.05, 3.63) is 23.3 Å². The van der Waals surface area contributed by atoms with Crippen molar-refractivity contribution in [1.29, 1.82) is 0 Å². The van der Waals surface area contributed by atoms with Gasteiger partial charge in [-0.2, -0.15) is 0 Å². The molecule has 1 saturated carbocycles. The molecule has 3 heterocycles. The van der Waals surface area contributed by atoms with Crippen molar-refractivity contribution < 1.29 is 62.2 Å². The van der Waals surface area contributed by atoms with Crippen LogP contribution in [-0.4, -0.2) is 134 Å². The zero-order chi connectivity index (χ0) is 45.2. The molecule has 2 N–H and O–H groups in total. The number of allylic oxidation sites excluding steroid dienone is 3. The summed E-state index contributed by atoms with van der Waals surface area (Å²) in [6, 6.07) is -1.17. The minimum atomic E-state index is -2.60. The number of ketones is 2. The van der Waals surface area contributed by atoms with Gasteiger partial charge in [-0.25, -0.2) is 9.18 Å². The summed E-state index contributed by atoms with van der Waals surface area (Å²) in [4.78, 5) is 58.0. The van der Waals surface area contributed by atoms with E-state index in [-0.39, 0.29) is 56.1 Å². The van der Waals surface area contributed by atoms with Crippen molar-refractivity contribution >= 4 is 23.4 Å². The fraction of sp³-hybridized carbons (Fsp3) is 0.787. The minimum absolute atomic E-state index is 0.00772. The normalized spacial score (nSPS) is 40.1. The molecule has 61 heavy (non-hydrogen) atoms. The molecule has 3 fully saturated rings. The van der Waals surface area contributed by atoms with Gasteiger partial charge in [0, 0.05) is 52.0 Å². The Morgan fingerprint density at radius 1 is 0.984 bits per heavy atom. The second-order valence-corrected chi connectivity index (χ2v) is 17.8. The molecule has 1 amide bonds. The number of hydrogen-bond acceptors (Lipinski definition) is 12. The number of carbonyl (C=O) groups excluding carboxylic acids is 4. The molecule has 2 saturated heterocycles. The molecule has 15 unspecified atom stereocenters. The predicted octanol–water partition coefficient (Wildman–Crippen LogP) is 5.47. The van der Waals surface area contributed by atoms with Crippen LogP contribution in [-0.2, 0) is 47.6 Å². The van der Waals surface area contributed by atoms with Gasteiger partial charge in [-0.3, -0.25) is 14.4 Å². The molecule has 0 aromatic heterocycles. The van der Waals surface area contributed by atoms with Crippen molar-refractivity contribution in [3.63, 3.8) is 0 Å². The lowest BCUT2D eigenvalue weighted by Gasteiger charge is -2.47. The van der Waals surface area contributed by atoms with Crippen LogP contribution in [0.5, 0.6) is 0 Å². The second kappa shape index (κ2) is 23.1. The van der Waals surface area contributed by atoms with Gasteiger partial charge in [0.1, 0.15) is 36.8 Å². The third kappa shape index (κ3) is 12.2. The van der Waals surface area contributed by atoms with Gasteiger partial charge in [-0.05, 0) is 102 Å². The van der Waals surface area contributed by atoms with Crippen molar-refractivity contribution in [2.75, 3.05) is 34.5 Å². The van der Waals surface area contributed by atoms with Gasteiger partial charge in [0.2, 0.25) is 5.79 Å². The Morgan fingerprint density at radius 3 is 2.30 bits per heavy atom. The van der Waals surface area contributed by atoms with E-state index < -0.39 is 89.9 Å². The molecule has 15 atom stereocenters. The molecule has 3 aliphatic heterocycles. The monoisotopic (exact) mass is 862 g/mol. The molecule has 344 valence electrons. The minimum Gasteiger partial charge on any atom is -0.456 e. The maximum Gasteiger partial charge on any atom is 0.329 e. The van der Waals surface area contributed by atoms with Crippen molar-refractivity contribution in [2.24, 2.45) is 29.6 Å².